The van der Waals surface area contributed by atoms with Crippen molar-refractivity contribution < 1.29 is 14.3 Å². The number of fused-ring (bicyclic) bond motifs is 5. The third-order valence-corrected chi connectivity index (χ3v) is 3.98. The number of aromatic hydroxyl groups is 1. The quantitative estimate of drug-likeness (QED) is 0.527. The molecule has 0 bridgehead atoms. The molecule has 0 atom stereocenters. The van der Waals surface area contributed by atoms with Crippen molar-refractivity contribution in [2.24, 2.45) is 0 Å². The van der Waals surface area contributed by atoms with Gasteiger partial charge in [0.2, 0.25) is 0 Å². The zero-order chi connectivity index (χ0) is 15.4. The molecular weight excluding hydrogens is 282 g/mol. The molecule has 0 aliphatic heterocycles. The van der Waals surface area contributed by atoms with Gasteiger partial charge in [0, 0.05) is 28.3 Å². The van der Waals surface area contributed by atoms with Crippen molar-refractivity contribution in [3.05, 3.63) is 46.3 Å². The van der Waals surface area contributed by atoms with E-state index >= 15 is 0 Å². The Balaban J connectivity index is 2.40. The fraction of sp³-hybridized carbons (Fsp3) is 0.118. The van der Waals surface area contributed by atoms with Gasteiger partial charge in [-0.2, -0.15) is 0 Å². The van der Waals surface area contributed by atoms with Gasteiger partial charge in [0.05, 0.1) is 18.1 Å². The largest absolute Gasteiger partial charge is 0.506 e. The minimum atomic E-state index is -0.394. The molecule has 2 aromatic heterocycles. The number of para-hydroxylation sites is 1. The second-order valence-corrected chi connectivity index (χ2v) is 5.28. The summed E-state index contributed by atoms with van der Waals surface area (Å²) >= 11 is 0. The van der Waals surface area contributed by atoms with Crippen LogP contribution in [-0.2, 0) is 0 Å². The van der Waals surface area contributed by atoms with Crippen molar-refractivity contribution in [3.63, 3.8) is 0 Å². The molecular formula is C17H13NO4. The van der Waals surface area contributed by atoms with Gasteiger partial charge in [0.15, 0.2) is 0 Å². The molecule has 0 radical (unpaired) electrons. The average Bonchev–Trinajstić information content (AvgIpc) is 2.87. The standard InChI is InChI=1S/C17H13NO4/c1-8-6-13(20)22-11-7-12(21-2)17-15(14(8)11)9-4-3-5-10(19)16(9)18-17/h3-7,18-19H,1-2H3. The fourth-order valence-corrected chi connectivity index (χ4v) is 3.05. The molecule has 2 aromatic carbocycles. The molecule has 0 aliphatic rings. The zero-order valence-electron chi connectivity index (χ0n) is 12.1. The van der Waals surface area contributed by atoms with Crippen LogP contribution < -0.4 is 10.4 Å². The van der Waals surface area contributed by atoms with Crippen molar-refractivity contribution >= 4 is 32.8 Å². The molecule has 110 valence electrons. The van der Waals surface area contributed by atoms with Gasteiger partial charge in [-0.1, -0.05) is 12.1 Å². The van der Waals surface area contributed by atoms with Crippen LogP contribution in [0.4, 0.5) is 0 Å². The van der Waals surface area contributed by atoms with Crippen molar-refractivity contribution in [2.45, 2.75) is 6.92 Å². The van der Waals surface area contributed by atoms with E-state index in [0.29, 0.717) is 16.8 Å². The smallest absolute Gasteiger partial charge is 0.336 e. The van der Waals surface area contributed by atoms with E-state index in [1.165, 1.54) is 6.07 Å². The van der Waals surface area contributed by atoms with Crippen molar-refractivity contribution in [1.82, 2.24) is 4.98 Å². The Morgan fingerprint density at radius 2 is 2.00 bits per heavy atom. The van der Waals surface area contributed by atoms with Crippen molar-refractivity contribution in [1.29, 1.82) is 0 Å². The molecule has 0 spiro atoms. The Hall–Kier alpha value is -2.95. The monoisotopic (exact) mass is 295 g/mol. The zero-order valence-corrected chi connectivity index (χ0v) is 12.1. The van der Waals surface area contributed by atoms with E-state index in [4.69, 9.17) is 9.15 Å². The summed E-state index contributed by atoms with van der Waals surface area (Å²) in [4.78, 5) is 14.8. The van der Waals surface area contributed by atoms with E-state index in [2.05, 4.69) is 4.98 Å². The number of hydrogen-bond donors (Lipinski definition) is 2. The molecule has 2 N–H and O–H groups in total. The lowest BCUT2D eigenvalue weighted by atomic mass is 10.0. The van der Waals surface area contributed by atoms with Crippen LogP contribution in [0.3, 0.4) is 0 Å². The molecule has 0 saturated carbocycles. The second kappa shape index (κ2) is 4.27. The average molecular weight is 295 g/mol. The molecule has 0 aliphatic carbocycles. The number of phenolic OH excluding ortho intramolecular Hbond substituents is 1. The van der Waals surface area contributed by atoms with E-state index in [9.17, 15) is 9.90 Å². The molecule has 0 amide bonds. The van der Waals surface area contributed by atoms with Crippen molar-refractivity contribution in [3.8, 4) is 11.5 Å². The lowest BCUT2D eigenvalue weighted by molar-refractivity contribution is 0.418. The van der Waals surface area contributed by atoms with Gasteiger partial charge in [-0.05, 0) is 18.6 Å². The number of methoxy groups -OCH3 is 1. The first-order valence-corrected chi connectivity index (χ1v) is 6.85. The first-order valence-electron chi connectivity index (χ1n) is 6.85. The Bertz CT molecular complexity index is 1100. The number of hydrogen-bond acceptors (Lipinski definition) is 4. The maximum Gasteiger partial charge on any atom is 0.336 e. The SMILES string of the molecule is COc1cc2oc(=O)cc(C)c2c2c1[nH]c1c(O)cccc12. The maximum absolute atomic E-state index is 11.6. The fourth-order valence-electron chi connectivity index (χ4n) is 3.05. The van der Waals surface area contributed by atoms with Crippen LogP contribution in [0.1, 0.15) is 5.56 Å². The summed E-state index contributed by atoms with van der Waals surface area (Å²) in [6, 6.07) is 8.48. The molecule has 4 aromatic rings. The predicted octanol–water partition coefficient (Wildman–Crippen LogP) is 3.45. The highest BCUT2D eigenvalue weighted by molar-refractivity contribution is 6.22. The third-order valence-electron chi connectivity index (χ3n) is 3.98. The van der Waals surface area contributed by atoms with Gasteiger partial charge in [0.25, 0.3) is 0 Å². The van der Waals surface area contributed by atoms with Crippen LogP contribution in [0.25, 0.3) is 32.8 Å². The van der Waals surface area contributed by atoms with Crippen LogP contribution in [-0.4, -0.2) is 17.2 Å². The summed E-state index contributed by atoms with van der Waals surface area (Å²) in [5.74, 6) is 0.728. The van der Waals surface area contributed by atoms with Crippen molar-refractivity contribution in [2.75, 3.05) is 7.11 Å². The van der Waals surface area contributed by atoms with E-state index in [0.717, 1.165) is 27.2 Å². The number of phenols is 1. The normalized spacial score (nSPS) is 11.5. The molecule has 0 saturated heterocycles. The molecule has 2 heterocycles. The Kier molecular flexibility index (Phi) is 2.48. The minimum Gasteiger partial charge on any atom is -0.506 e. The lowest BCUT2D eigenvalue weighted by Gasteiger charge is -2.07. The third kappa shape index (κ3) is 1.56. The highest BCUT2D eigenvalue weighted by Gasteiger charge is 2.17. The van der Waals surface area contributed by atoms with Crippen LogP contribution >= 0.6 is 0 Å². The summed E-state index contributed by atoms with van der Waals surface area (Å²) < 4.78 is 10.7. The number of aryl methyl sites for hydroxylation is 1. The van der Waals surface area contributed by atoms with Gasteiger partial charge < -0.3 is 19.2 Å². The number of rotatable bonds is 1. The van der Waals surface area contributed by atoms with Gasteiger partial charge in [-0.25, -0.2) is 4.79 Å². The van der Waals surface area contributed by atoms with Gasteiger partial charge in [0.1, 0.15) is 17.1 Å². The summed E-state index contributed by atoms with van der Waals surface area (Å²) in [5, 5.41) is 12.6. The Morgan fingerprint density at radius 1 is 1.18 bits per heavy atom. The Morgan fingerprint density at radius 3 is 2.77 bits per heavy atom. The molecule has 0 unspecified atom stereocenters. The maximum atomic E-state index is 11.6. The van der Waals surface area contributed by atoms with Crippen LogP contribution in [0.5, 0.6) is 11.5 Å². The first kappa shape index (κ1) is 12.8. The van der Waals surface area contributed by atoms with Crippen LogP contribution in [0.2, 0.25) is 0 Å². The number of aromatic amines is 1. The number of benzene rings is 2. The van der Waals surface area contributed by atoms with E-state index in [1.54, 1.807) is 25.3 Å². The molecule has 5 nitrogen and oxygen atoms in total. The number of nitrogens with one attached hydrogen (secondary N) is 1. The lowest BCUT2D eigenvalue weighted by Crippen LogP contribution is -1.98. The summed E-state index contributed by atoms with van der Waals surface area (Å²) in [7, 11) is 1.56. The predicted molar refractivity (Wildman–Crippen MR) is 84.8 cm³/mol. The second-order valence-electron chi connectivity index (χ2n) is 5.28. The topological polar surface area (TPSA) is 75.5 Å². The summed E-state index contributed by atoms with van der Waals surface area (Å²) in [6.45, 7) is 1.87. The number of aromatic nitrogens is 1. The molecule has 5 heteroatoms. The van der Waals surface area contributed by atoms with E-state index < -0.39 is 5.63 Å². The molecule has 0 fully saturated rings. The van der Waals surface area contributed by atoms with E-state index in [1.807, 2.05) is 13.0 Å². The van der Waals surface area contributed by atoms with Crippen LogP contribution in [0, 0.1) is 6.92 Å². The first-order chi connectivity index (χ1) is 10.6. The number of ether oxygens (including phenoxy) is 1. The molecule has 22 heavy (non-hydrogen) atoms. The van der Waals surface area contributed by atoms with Gasteiger partial charge in [-0.3, -0.25) is 0 Å². The highest BCUT2D eigenvalue weighted by atomic mass is 16.5. The summed E-state index contributed by atoms with van der Waals surface area (Å²) in [6.07, 6.45) is 0. The van der Waals surface area contributed by atoms with E-state index in [-0.39, 0.29) is 5.75 Å². The highest BCUT2D eigenvalue weighted by Crippen LogP contribution is 2.40. The van der Waals surface area contributed by atoms with Crippen LogP contribution in [0.15, 0.2) is 39.5 Å². The molecule has 4 rings (SSSR count). The minimum absolute atomic E-state index is 0.166. The summed E-state index contributed by atoms with van der Waals surface area (Å²) in [5.41, 5.74) is 2.30. The van der Waals surface area contributed by atoms with Gasteiger partial charge in [-0.15, -0.1) is 0 Å². The van der Waals surface area contributed by atoms with Gasteiger partial charge >= 0.3 is 5.63 Å². The Labute approximate surface area is 124 Å². The number of H-pyrrole nitrogens is 1.